The first kappa shape index (κ1) is 36.7. The van der Waals surface area contributed by atoms with E-state index in [1.807, 2.05) is 0 Å². The SMILES string of the molecule is CC(C)(C)c1ccc(-c2c(-n3c4ccccc4c4ccccc43)c(C#N)c(-n3c4c(c5cc6ccccc6cc53)C=CCC4)c(C#N)c2-n2c3ccccc3c3ccccc32)cc1. The number of rotatable bonds is 4. The third-order valence-electron chi connectivity index (χ3n) is 13.3. The van der Waals surface area contributed by atoms with E-state index in [0.717, 1.165) is 112 Å². The molecule has 63 heavy (non-hydrogen) atoms. The van der Waals surface area contributed by atoms with E-state index in [-0.39, 0.29) is 5.41 Å². The van der Waals surface area contributed by atoms with Crippen molar-refractivity contribution in [3.8, 4) is 40.3 Å². The molecule has 5 nitrogen and oxygen atoms in total. The van der Waals surface area contributed by atoms with E-state index >= 15 is 0 Å². The predicted molar refractivity (Wildman–Crippen MR) is 260 cm³/mol. The Kier molecular flexibility index (Phi) is 7.98. The van der Waals surface area contributed by atoms with Crippen molar-refractivity contribution in [3.63, 3.8) is 0 Å². The summed E-state index contributed by atoms with van der Waals surface area (Å²) in [6, 6.07) is 61.4. The van der Waals surface area contributed by atoms with Crippen LogP contribution in [0, 0.1) is 22.7 Å². The maximum absolute atomic E-state index is 12.1. The average Bonchev–Trinajstić information content (AvgIpc) is 3.95. The molecule has 1 aliphatic rings. The highest BCUT2D eigenvalue weighted by Gasteiger charge is 2.34. The van der Waals surface area contributed by atoms with Gasteiger partial charge in [-0.25, -0.2) is 0 Å². The van der Waals surface area contributed by atoms with Crippen LogP contribution in [-0.4, -0.2) is 13.7 Å². The molecule has 0 amide bonds. The van der Waals surface area contributed by atoms with Gasteiger partial charge in [-0.3, -0.25) is 0 Å². The Morgan fingerprint density at radius 1 is 0.476 bits per heavy atom. The Morgan fingerprint density at radius 2 is 0.937 bits per heavy atom. The summed E-state index contributed by atoms with van der Waals surface area (Å²) in [4.78, 5) is 0. The minimum atomic E-state index is -0.0868. The van der Waals surface area contributed by atoms with Crippen molar-refractivity contribution in [1.82, 2.24) is 13.7 Å². The first-order chi connectivity index (χ1) is 30.9. The zero-order chi connectivity index (χ0) is 42.6. The van der Waals surface area contributed by atoms with Gasteiger partial charge in [0, 0.05) is 43.8 Å². The number of para-hydroxylation sites is 4. The normalized spacial score (nSPS) is 12.8. The lowest BCUT2D eigenvalue weighted by Crippen LogP contribution is -2.15. The van der Waals surface area contributed by atoms with Gasteiger partial charge in [0.05, 0.1) is 44.6 Å². The largest absolute Gasteiger partial charge is 0.310 e. The summed E-state index contributed by atoms with van der Waals surface area (Å²) < 4.78 is 6.87. The summed E-state index contributed by atoms with van der Waals surface area (Å²) in [7, 11) is 0. The van der Waals surface area contributed by atoms with Crippen LogP contribution in [0.25, 0.3) is 99.6 Å². The molecule has 12 rings (SSSR count). The average molecular weight is 808 g/mol. The number of hydrogen-bond donors (Lipinski definition) is 0. The van der Waals surface area contributed by atoms with Crippen molar-refractivity contribution in [2.75, 3.05) is 0 Å². The summed E-state index contributed by atoms with van der Waals surface area (Å²) in [6.07, 6.45) is 6.09. The Morgan fingerprint density at radius 3 is 1.41 bits per heavy atom. The molecule has 0 N–H and O–H groups in total. The number of hydrogen-bond acceptors (Lipinski definition) is 2. The molecule has 0 unspecified atom stereocenters. The minimum absolute atomic E-state index is 0.0868. The van der Waals surface area contributed by atoms with Gasteiger partial charge in [-0.2, -0.15) is 10.5 Å². The molecule has 3 heterocycles. The molecule has 3 aromatic heterocycles. The van der Waals surface area contributed by atoms with Crippen molar-refractivity contribution >= 4 is 71.4 Å². The van der Waals surface area contributed by atoms with Crippen LogP contribution < -0.4 is 0 Å². The lowest BCUT2D eigenvalue weighted by molar-refractivity contribution is 0.590. The smallest absolute Gasteiger partial charge is 0.104 e. The van der Waals surface area contributed by atoms with Crippen LogP contribution in [0.2, 0.25) is 0 Å². The number of benzene rings is 8. The van der Waals surface area contributed by atoms with Gasteiger partial charge < -0.3 is 13.7 Å². The Balaban J connectivity index is 1.38. The molecule has 0 radical (unpaired) electrons. The minimum Gasteiger partial charge on any atom is -0.310 e. The molecular weight excluding hydrogens is 767 g/mol. The molecular formula is C58H41N5. The molecule has 5 heteroatoms. The molecule has 0 saturated carbocycles. The second-order valence-electron chi connectivity index (χ2n) is 17.8. The molecule has 0 fully saturated rings. The summed E-state index contributed by atoms with van der Waals surface area (Å²) in [5.41, 5.74) is 13.0. The zero-order valence-corrected chi connectivity index (χ0v) is 35.3. The fourth-order valence-corrected chi connectivity index (χ4v) is 10.5. The fourth-order valence-electron chi connectivity index (χ4n) is 10.5. The first-order valence-electron chi connectivity index (χ1n) is 21.7. The van der Waals surface area contributed by atoms with Gasteiger partial charge in [0.2, 0.25) is 0 Å². The van der Waals surface area contributed by atoms with Gasteiger partial charge in [-0.15, -0.1) is 0 Å². The maximum atomic E-state index is 12.1. The Hall–Kier alpha value is -8.12. The Bertz CT molecular complexity index is 3590. The standard InChI is InChI=1S/C58H41N5/c1-58(2,3)39-30-28-36(29-31-39)54-56(61-48-23-11-6-18-40(48)41-19-7-12-24-49(41)61)46(34-59)55(47(35-60)57(54)62-50-25-13-8-20-42(50)43-21-9-14-26-51(43)62)63-52-27-15-10-22-44(52)45-32-37-16-4-5-17-38(37)33-53(45)63/h4-14,16-26,28-33H,15,27H2,1-3H3. The number of aromatic nitrogens is 3. The molecule has 0 bridgehead atoms. The van der Waals surface area contributed by atoms with E-state index in [4.69, 9.17) is 0 Å². The van der Waals surface area contributed by atoms with E-state index in [0.29, 0.717) is 16.8 Å². The Labute approximate surface area is 365 Å². The number of fused-ring (bicyclic) bond motifs is 10. The van der Waals surface area contributed by atoms with E-state index in [1.165, 1.54) is 5.56 Å². The van der Waals surface area contributed by atoms with E-state index < -0.39 is 0 Å². The van der Waals surface area contributed by atoms with Gasteiger partial charge in [0.15, 0.2) is 0 Å². The summed E-state index contributed by atoms with van der Waals surface area (Å²) >= 11 is 0. The van der Waals surface area contributed by atoms with Crippen LogP contribution in [0.1, 0.15) is 55.1 Å². The number of nitriles is 2. The van der Waals surface area contributed by atoms with Crippen LogP contribution in [0.5, 0.6) is 0 Å². The highest BCUT2D eigenvalue weighted by Crippen LogP contribution is 2.49. The highest BCUT2D eigenvalue weighted by atomic mass is 15.1. The quantitative estimate of drug-likeness (QED) is 0.178. The van der Waals surface area contributed by atoms with Gasteiger partial charge in [-0.1, -0.05) is 154 Å². The van der Waals surface area contributed by atoms with Crippen molar-refractivity contribution in [3.05, 3.63) is 192 Å². The van der Waals surface area contributed by atoms with Gasteiger partial charge >= 0.3 is 0 Å². The van der Waals surface area contributed by atoms with Crippen molar-refractivity contribution in [1.29, 1.82) is 10.5 Å². The van der Waals surface area contributed by atoms with E-state index in [9.17, 15) is 10.5 Å². The van der Waals surface area contributed by atoms with Crippen molar-refractivity contribution < 1.29 is 0 Å². The molecule has 298 valence electrons. The van der Waals surface area contributed by atoms with Crippen LogP contribution in [0.4, 0.5) is 0 Å². The summed E-state index contributed by atoms with van der Waals surface area (Å²) in [5, 5.41) is 31.9. The molecule has 11 aromatic rings. The monoisotopic (exact) mass is 807 g/mol. The van der Waals surface area contributed by atoms with Crippen LogP contribution >= 0.6 is 0 Å². The first-order valence-corrected chi connectivity index (χ1v) is 21.7. The lowest BCUT2D eigenvalue weighted by Gasteiger charge is -2.27. The van der Waals surface area contributed by atoms with Gasteiger partial charge in [0.25, 0.3) is 0 Å². The van der Waals surface area contributed by atoms with Gasteiger partial charge in [0.1, 0.15) is 23.3 Å². The van der Waals surface area contributed by atoms with E-state index in [1.54, 1.807) is 0 Å². The number of nitrogens with zero attached hydrogens (tertiary/aromatic N) is 5. The number of allylic oxidation sites excluding steroid dienone is 1. The maximum Gasteiger partial charge on any atom is 0.104 e. The summed E-state index contributed by atoms with van der Waals surface area (Å²) in [6.45, 7) is 6.68. The third kappa shape index (κ3) is 5.27. The third-order valence-corrected chi connectivity index (χ3v) is 13.3. The second kappa shape index (κ2) is 13.7. The topological polar surface area (TPSA) is 62.4 Å². The van der Waals surface area contributed by atoms with Gasteiger partial charge in [-0.05, 0) is 76.6 Å². The van der Waals surface area contributed by atoms with Crippen LogP contribution in [0.15, 0.2) is 164 Å². The van der Waals surface area contributed by atoms with Crippen LogP contribution in [-0.2, 0) is 11.8 Å². The fraction of sp³-hybridized carbons (Fsp3) is 0.103. The summed E-state index contributed by atoms with van der Waals surface area (Å²) in [5.74, 6) is 0. The molecule has 0 spiro atoms. The molecule has 0 saturated heterocycles. The molecule has 1 aliphatic carbocycles. The highest BCUT2D eigenvalue weighted by molar-refractivity contribution is 6.13. The van der Waals surface area contributed by atoms with Crippen molar-refractivity contribution in [2.45, 2.75) is 39.0 Å². The molecule has 0 aliphatic heterocycles. The molecule has 0 atom stereocenters. The van der Waals surface area contributed by atoms with Crippen molar-refractivity contribution in [2.24, 2.45) is 0 Å². The second-order valence-corrected chi connectivity index (χ2v) is 17.8. The van der Waals surface area contributed by atoms with Crippen LogP contribution in [0.3, 0.4) is 0 Å². The lowest BCUT2D eigenvalue weighted by atomic mass is 9.85. The molecule has 8 aromatic carbocycles. The zero-order valence-electron chi connectivity index (χ0n) is 35.3. The van der Waals surface area contributed by atoms with E-state index in [2.05, 4.69) is 216 Å². The predicted octanol–water partition coefficient (Wildman–Crippen LogP) is 14.6.